The minimum atomic E-state index is -2.80. The molecule has 0 amide bonds. The molecule has 0 aliphatic carbocycles. The molecule has 0 aromatic rings. The molecular formula is C13H26N2O2S. The molecule has 0 aromatic carbocycles. The van der Waals surface area contributed by atoms with Crippen LogP contribution in [0.4, 0.5) is 0 Å². The number of hydrogen-bond acceptors (Lipinski definition) is 4. The Hall–Kier alpha value is -0.130. The fourth-order valence-corrected chi connectivity index (χ4v) is 5.34. The van der Waals surface area contributed by atoms with Crippen molar-refractivity contribution < 1.29 is 8.42 Å². The van der Waals surface area contributed by atoms with Crippen LogP contribution in [0.2, 0.25) is 0 Å². The lowest BCUT2D eigenvalue weighted by Gasteiger charge is -2.37. The monoisotopic (exact) mass is 274 g/mol. The fourth-order valence-electron chi connectivity index (χ4n) is 3.23. The van der Waals surface area contributed by atoms with E-state index in [9.17, 15) is 8.42 Å². The van der Waals surface area contributed by atoms with Gasteiger partial charge in [0.25, 0.3) is 0 Å². The van der Waals surface area contributed by atoms with Gasteiger partial charge in [-0.3, -0.25) is 0 Å². The molecule has 106 valence electrons. The van der Waals surface area contributed by atoms with Gasteiger partial charge in [-0.2, -0.15) is 0 Å². The molecule has 0 spiro atoms. The normalized spacial score (nSPS) is 33.9. The predicted molar refractivity (Wildman–Crippen MR) is 74.6 cm³/mol. The Kier molecular flexibility index (Phi) is 4.34. The van der Waals surface area contributed by atoms with E-state index in [4.69, 9.17) is 0 Å². The van der Waals surface area contributed by atoms with Crippen molar-refractivity contribution in [2.75, 3.05) is 31.1 Å². The standard InChI is InChI=1S/C13H26N2O2S/c1-3-7-15-8-4-12(5-9-15)14-13(2)6-10-18(16,17)11-13/h12,14H,3-11H2,1-2H3. The van der Waals surface area contributed by atoms with E-state index in [1.807, 2.05) is 0 Å². The van der Waals surface area contributed by atoms with Crippen LogP contribution < -0.4 is 5.32 Å². The summed E-state index contributed by atoms with van der Waals surface area (Å²) >= 11 is 0. The molecular weight excluding hydrogens is 248 g/mol. The molecule has 2 rings (SSSR count). The maximum atomic E-state index is 11.6. The van der Waals surface area contributed by atoms with Crippen LogP contribution >= 0.6 is 0 Å². The molecule has 5 heteroatoms. The molecule has 2 saturated heterocycles. The second-order valence-corrected chi connectivity index (χ2v) is 8.35. The Bertz CT molecular complexity index is 374. The zero-order valence-corrected chi connectivity index (χ0v) is 12.4. The number of nitrogens with zero attached hydrogens (tertiary/aromatic N) is 1. The van der Waals surface area contributed by atoms with E-state index in [1.54, 1.807) is 0 Å². The summed E-state index contributed by atoms with van der Waals surface area (Å²) in [5, 5.41) is 3.61. The Morgan fingerprint density at radius 2 is 2.00 bits per heavy atom. The zero-order valence-electron chi connectivity index (χ0n) is 11.6. The third kappa shape index (κ3) is 3.68. The predicted octanol–water partition coefficient (Wildman–Crippen LogP) is 1.03. The Balaban J connectivity index is 1.81. The van der Waals surface area contributed by atoms with E-state index < -0.39 is 9.84 Å². The Morgan fingerprint density at radius 1 is 1.33 bits per heavy atom. The van der Waals surface area contributed by atoms with Gasteiger partial charge in [-0.1, -0.05) is 6.92 Å². The van der Waals surface area contributed by atoms with Gasteiger partial charge in [0.15, 0.2) is 9.84 Å². The number of piperidine rings is 1. The van der Waals surface area contributed by atoms with Crippen LogP contribution in [0.5, 0.6) is 0 Å². The van der Waals surface area contributed by atoms with Gasteiger partial charge >= 0.3 is 0 Å². The SMILES string of the molecule is CCCN1CCC(NC2(C)CCS(=O)(=O)C2)CC1. The van der Waals surface area contributed by atoms with E-state index in [-0.39, 0.29) is 5.54 Å². The molecule has 0 radical (unpaired) electrons. The second-order valence-electron chi connectivity index (χ2n) is 6.16. The highest BCUT2D eigenvalue weighted by Gasteiger charge is 2.39. The molecule has 0 bridgehead atoms. The minimum Gasteiger partial charge on any atom is -0.308 e. The first-order valence-electron chi connectivity index (χ1n) is 7.13. The van der Waals surface area contributed by atoms with E-state index in [2.05, 4.69) is 24.1 Å². The lowest BCUT2D eigenvalue weighted by molar-refractivity contribution is 0.179. The molecule has 1 atom stereocenters. The summed E-state index contributed by atoms with van der Waals surface area (Å²) in [4.78, 5) is 2.51. The number of rotatable bonds is 4. The zero-order chi connectivity index (χ0) is 13.2. The van der Waals surface area contributed by atoms with Crippen molar-refractivity contribution >= 4 is 9.84 Å². The van der Waals surface area contributed by atoms with Gasteiger partial charge in [0.05, 0.1) is 11.5 Å². The highest BCUT2D eigenvalue weighted by Crippen LogP contribution is 2.25. The van der Waals surface area contributed by atoms with Crippen molar-refractivity contribution in [3.05, 3.63) is 0 Å². The van der Waals surface area contributed by atoms with E-state index in [1.165, 1.54) is 13.0 Å². The third-order valence-electron chi connectivity index (χ3n) is 4.18. The molecule has 1 N–H and O–H groups in total. The first-order chi connectivity index (χ1) is 8.42. The van der Waals surface area contributed by atoms with Crippen molar-refractivity contribution in [2.45, 2.75) is 51.1 Å². The quantitative estimate of drug-likeness (QED) is 0.832. The summed E-state index contributed by atoms with van der Waals surface area (Å²) < 4.78 is 23.2. The summed E-state index contributed by atoms with van der Waals surface area (Å²) in [6, 6.07) is 0.497. The van der Waals surface area contributed by atoms with Crippen molar-refractivity contribution in [2.24, 2.45) is 0 Å². The fraction of sp³-hybridized carbons (Fsp3) is 1.00. The largest absolute Gasteiger partial charge is 0.308 e. The molecule has 1 unspecified atom stereocenters. The lowest BCUT2D eigenvalue weighted by Crippen LogP contribution is -2.52. The average Bonchev–Trinajstić information content (AvgIpc) is 2.56. The van der Waals surface area contributed by atoms with E-state index >= 15 is 0 Å². The first kappa shape index (κ1) is 14.3. The first-order valence-corrected chi connectivity index (χ1v) is 8.95. The maximum absolute atomic E-state index is 11.6. The van der Waals surface area contributed by atoms with Crippen molar-refractivity contribution in [3.63, 3.8) is 0 Å². The molecule has 2 aliphatic rings. The maximum Gasteiger partial charge on any atom is 0.152 e. The van der Waals surface area contributed by atoms with E-state index in [0.29, 0.717) is 17.5 Å². The van der Waals surface area contributed by atoms with Gasteiger partial charge in [-0.25, -0.2) is 8.42 Å². The van der Waals surface area contributed by atoms with Crippen LogP contribution in [0, 0.1) is 0 Å². The topological polar surface area (TPSA) is 49.4 Å². The summed E-state index contributed by atoms with van der Waals surface area (Å²) in [7, 11) is -2.80. The molecule has 0 saturated carbocycles. The number of likely N-dealkylation sites (tertiary alicyclic amines) is 1. The van der Waals surface area contributed by atoms with Crippen LogP contribution in [0.3, 0.4) is 0 Å². The third-order valence-corrected chi connectivity index (χ3v) is 6.09. The highest BCUT2D eigenvalue weighted by molar-refractivity contribution is 7.91. The molecule has 4 nitrogen and oxygen atoms in total. The minimum absolute atomic E-state index is 0.184. The summed E-state index contributed by atoms with van der Waals surface area (Å²) in [5.74, 6) is 0.667. The number of hydrogen-bond donors (Lipinski definition) is 1. The molecule has 0 aromatic heterocycles. The van der Waals surface area contributed by atoms with Gasteiger partial charge in [-0.15, -0.1) is 0 Å². The molecule has 2 fully saturated rings. The van der Waals surface area contributed by atoms with E-state index in [0.717, 1.165) is 32.4 Å². The van der Waals surface area contributed by atoms with Crippen LogP contribution in [-0.4, -0.2) is 56.0 Å². The smallest absolute Gasteiger partial charge is 0.152 e. The van der Waals surface area contributed by atoms with Gasteiger partial charge in [-0.05, 0) is 52.2 Å². The van der Waals surface area contributed by atoms with Crippen molar-refractivity contribution in [3.8, 4) is 0 Å². The second kappa shape index (κ2) is 5.47. The van der Waals surface area contributed by atoms with Gasteiger partial charge in [0.2, 0.25) is 0 Å². The average molecular weight is 274 g/mol. The summed E-state index contributed by atoms with van der Waals surface area (Å²) in [5.41, 5.74) is -0.184. The Morgan fingerprint density at radius 3 is 2.50 bits per heavy atom. The lowest BCUT2D eigenvalue weighted by atomic mass is 9.96. The summed E-state index contributed by atoms with van der Waals surface area (Å²) in [6.45, 7) is 7.77. The molecule has 18 heavy (non-hydrogen) atoms. The van der Waals surface area contributed by atoms with Gasteiger partial charge in [0.1, 0.15) is 0 Å². The Labute approximate surface area is 111 Å². The number of nitrogens with one attached hydrogen (secondary N) is 1. The van der Waals surface area contributed by atoms with Crippen molar-refractivity contribution in [1.82, 2.24) is 10.2 Å². The van der Waals surface area contributed by atoms with Crippen LogP contribution in [0.15, 0.2) is 0 Å². The number of sulfone groups is 1. The van der Waals surface area contributed by atoms with Crippen LogP contribution in [0.25, 0.3) is 0 Å². The molecule has 2 aliphatic heterocycles. The van der Waals surface area contributed by atoms with Crippen LogP contribution in [-0.2, 0) is 9.84 Å². The summed E-state index contributed by atoms with van der Waals surface area (Å²) in [6.07, 6.45) is 4.28. The highest BCUT2D eigenvalue weighted by atomic mass is 32.2. The van der Waals surface area contributed by atoms with Gasteiger partial charge in [0, 0.05) is 11.6 Å². The van der Waals surface area contributed by atoms with Crippen molar-refractivity contribution in [1.29, 1.82) is 0 Å². The molecule has 2 heterocycles. The van der Waals surface area contributed by atoms with Gasteiger partial charge < -0.3 is 10.2 Å². The van der Waals surface area contributed by atoms with Crippen LogP contribution in [0.1, 0.15) is 39.5 Å².